The Hall–Kier alpha value is -2.27. The summed E-state index contributed by atoms with van der Waals surface area (Å²) >= 11 is 0. The Morgan fingerprint density at radius 1 is 1.30 bits per heavy atom. The van der Waals surface area contributed by atoms with Crippen LogP contribution in [-0.4, -0.2) is 33.9 Å². The van der Waals surface area contributed by atoms with Crippen LogP contribution in [0.25, 0.3) is 0 Å². The Morgan fingerprint density at radius 2 is 2.05 bits per heavy atom. The van der Waals surface area contributed by atoms with Gasteiger partial charge >= 0.3 is 0 Å². The van der Waals surface area contributed by atoms with Crippen molar-refractivity contribution in [3.8, 4) is 0 Å². The molecule has 1 atom stereocenters. The van der Waals surface area contributed by atoms with E-state index in [-0.39, 0.29) is 5.91 Å². The number of rotatable bonds is 5. The zero-order valence-electron chi connectivity index (χ0n) is 11.4. The third-order valence-electron chi connectivity index (χ3n) is 3.01. The van der Waals surface area contributed by atoms with Crippen molar-refractivity contribution in [2.75, 3.05) is 7.05 Å². The molecule has 104 valence electrons. The molecule has 0 radical (unpaired) electrons. The van der Waals surface area contributed by atoms with E-state index in [0.717, 1.165) is 11.3 Å². The lowest BCUT2D eigenvalue weighted by Crippen LogP contribution is -2.42. The van der Waals surface area contributed by atoms with Gasteiger partial charge in [0.05, 0.1) is 24.5 Å². The molecule has 2 N–H and O–H groups in total. The smallest absolute Gasteiger partial charge is 0.239 e. The van der Waals surface area contributed by atoms with E-state index in [4.69, 9.17) is 5.73 Å². The Kier molecular flexibility index (Phi) is 4.79. The molecule has 2 aromatic rings. The largest absolute Gasteiger partial charge is 0.338 e. The summed E-state index contributed by atoms with van der Waals surface area (Å²) in [5, 5.41) is 0. The quantitative estimate of drug-likeness (QED) is 0.880. The van der Waals surface area contributed by atoms with E-state index in [0.29, 0.717) is 13.0 Å². The van der Waals surface area contributed by atoms with Gasteiger partial charge in [0, 0.05) is 19.4 Å². The van der Waals surface area contributed by atoms with Gasteiger partial charge in [0.1, 0.15) is 0 Å². The van der Waals surface area contributed by atoms with Crippen LogP contribution in [0.2, 0.25) is 0 Å². The minimum absolute atomic E-state index is 0.0977. The first-order chi connectivity index (χ1) is 9.66. The molecule has 0 aliphatic rings. The van der Waals surface area contributed by atoms with Crippen LogP contribution in [0.4, 0.5) is 0 Å². The van der Waals surface area contributed by atoms with E-state index in [1.807, 2.05) is 30.3 Å². The molecule has 0 aliphatic heterocycles. The predicted molar refractivity (Wildman–Crippen MR) is 76.6 cm³/mol. The molecule has 1 aromatic heterocycles. The fourth-order valence-electron chi connectivity index (χ4n) is 1.97. The zero-order valence-corrected chi connectivity index (χ0v) is 11.4. The first-order valence-electron chi connectivity index (χ1n) is 6.46. The molecular formula is C15H18N4O. The number of amides is 1. The van der Waals surface area contributed by atoms with Crippen LogP contribution in [0.15, 0.2) is 48.9 Å². The molecular weight excluding hydrogens is 252 g/mol. The van der Waals surface area contributed by atoms with E-state index in [9.17, 15) is 4.79 Å². The van der Waals surface area contributed by atoms with Gasteiger partial charge in [-0.1, -0.05) is 30.3 Å². The fraction of sp³-hybridized carbons (Fsp3) is 0.267. The van der Waals surface area contributed by atoms with Gasteiger partial charge in [0.15, 0.2) is 0 Å². The summed E-state index contributed by atoms with van der Waals surface area (Å²) < 4.78 is 0. The average molecular weight is 270 g/mol. The molecule has 2 rings (SSSR count). The number of benzene rings is 1. The van der Waals surface area contributed by atoms with Crippen molar-refractivity contribution >= 4 is 5.91 Å². The fourth-order valence-corrected chi connectivity index (χ4v) is 1.97. The van der Waals surface area contributed by atoms with Crippen LogP contribution in [0.5, 0.6) is 0 Å². The van der Waals surface area contributed by atoms with Crippen molar-refractivity contribution in [2.45, 2.75) is 19.0 Å². The van der Waals surface area contributed by atoms with E-state index in [2.05, 4.69) is 9.97 Å². The molecule has 5 heteroatoms. The van der Waals surface area contributed by atoms with Crippen LogP contribution in [0.1, 0.15) is 11.3 Å². The highest BCUT2D eigenvalue weighted by Crippen LogP contribution is 2.05. The van der Waals surface area contributed by atoms with E-state index >= 15 is 0 Å². The highest BCUT2D eigenvalue weighted by Gasteiger charge is 2.18. The van der Waals surface area contributed by atoms with Crippen molar-refractivity contribution in [2.24, 2.45) is 5.73 Å². The lowest BCUT2D eigenvalue weighted by Gasteiger charge is -2.20. The van der Waals surface area contributed by atoms with Gasteiger partial charge in [-0.05, 0) is 12.0 Å². The summed E-state index contributed by atoms with van der Waals surface area (Å²) in [6.45, 7) is 0.412. The van der Waals surface area contributed by atoms with E-state index in [1.54, 1.807) is 30.5 Å². The van der Waals surface area contributed by atoms with Crippen molar-refractivity contribution in [1.29, 1.82) is 0 Å². The maximum absolute atomic E-state index is 12.2. The minimum Gasteiger partial charge on any atom is -0.338 e. The van der Waals surface area contributed by atoms with Gasteiger partial charge in [0.25, 0.3) is 0 Å². The van der Waals surface area contributed by atoms with Crippen LogP contribution >= 0.6 is 0 Å². The second kappa shape index (κ2) is 6.77. The standard InChI is InChI=1S/C15H18N4O/c1-19(11-13-10-17-7-8-18-13)15(20)14(16)9-12-5-3-2-4-6-12/h2-8,10,14H,9,11,16H2,1H3/t14-/m0/s1. The van der Waals surface area contributed by atoms with Gasteiger partial charge < -0.3 is 10.6 Å². The number of aromatic nitrogens is 2. The first-order valence-corrected chi connectivity index (χ1v) is 6.46. The zero-order chi connectivity index (χ0) is 14.4. The highest BCUT2D eigenvalue weighted by molar-refractivity contribution is 5.81. The third-order valence-corrected chi connectivity index (χ3v) is 3.01. The number of nitrogens with two attached hydrogens (primary N) is 1. The molecule has 1 aromatic carbocycles. The maximum Gasteiger partial charge on any atom is 0.239 e. The summed E-state index contributed by atoms with van der Waals surface area (Å²) in [5.74, 6) is -0.0977. The van der Waals surface area contributed by atoms with E-state index in [1.165, 1.54) is 0 Å². The lowest BCUT2D eigenvalue weighted by atomic mass is 10.1. The summed E-state index contributed by atoms with van der Waals surface area (Å²) in [4.78, 5) is 21.9. The predicted octanol–water partition coefficient (Wildman–Crippen LogP) is 1.00. The van der Waals surface area contributed by atoms with Crippen molar-refractivity contribution in [3.05, 3.63) is 60.2 Å². The number of hydrogen-bond acceptors (Lipinski definition) is 4. The molecule has 0 aliphatic carbocycles. The second-order valence-electron chi connectivity index (χ2n) is 4.69. The SMILES string of the molecule is CN(Cc1cnccn1)C(=O)[C@@H](N)Cc1ccccc1. The second-order valence-corrected chi connectivity index (χ2v) is 4.69. The van der Waals surface area contributed by atoms with Crippen molar-refractivity contribution < 1.29 is 4.79 Å². The van der Waals surface area contributed by atoms with E-state index < -0.39 is 6.04 Å². The Morgan fingerprint density at radius 3 is 2.70 bits per heavy atom. The number of carbonyl (C=O) groups excluding carboxylic acids is 1. The average Bonchev–Trinajstić information content (AvgIpc) is 2.48. The molecule has 0 unspecified atom stereocenters. The molecule has 1 heterocycles. The number of likely N-dealkylation sites (N-methyl/N-ethyl adjacent to an activating group) is 1. The maximum atomic E-state index is 12.2. The topological polar surface area (TPSA) is 72.1 Å². The van der Waals surface area contributed by atoms with Crippen molar-refractivity contribution in [3.63, 3.8) is 0 Å². The number of nitrogens with zero attached hydrogens (tertiary/aromatic N) is 3. The highest BCUT2D eigenvalue weighted by atomic mass is 16.2. The molecule has 1 amide bonds. The normalized spacial score (nSPS) is 11.9. The summed E-state index contributed by atoms with van der Waals surface area (Å²) in [6, 6.07) is 9.22. The van der Waals surface area contributed by atoms with Crippen LogP contribution < -0.4 is 5.73 Å². The minimum atomic E-state index is -0.543. The Balaban J connectivity index is 1.93. The molecule has 0 saturated heterocycles. The van der Waals surface area contributed by atoms with Gasteiger partial charge in [0.2, 0.25) is 5.91 Å². The molecule has 20 heavy (non-hydrogen) atoms. The van der Waals surface area contributed by atoms with Gasteiger partial charge in [-0.15, -0.1) is 0 Å². The summed E-state index contributed by atoms with van der Waals surface area (Å²) in [7, 11) is 1.72. The molecule has 0 saturated carbocycles. The molecule has 0 spiro atoms. The third kappa shape index (κ3) is 3.86. The summed E-state index contributed by atoms with van der Waals surface area (Å²) in [6.07, 6.45) is 5.39. The molecule has 5 nitrogen and oxygen atoms in total. The van der Waals surface area contributed by atoms with Crippen molar-refractivity contribution in [1.82, 2.24) is 14.9 Å². The van der Waals surface area contributed by atoms with Crippen LogP contribution in [0, 0.1) is 0 Å². The van der Waals surface area contributed by atoms with Gasteiger partial charge in [-0.3, -0.25) is 14.8 Å². The first kappa shape index (κ1) is 14.1. The van der Waals surface area contributed by atoms with Gasteiger partial charge in [-0.25, -0.2) is 0 Å². The Labute approximate surface area is 118 Å². The molecule has 0 bridgehead atoms. The summed E-state index contributed by atoms with van der Waals surface area (Å²) in [5.41, 5.74) is 7.78. The lowest BCUT2D eigenvalue weighted by molar-refractivity contribution is -0.131. The van der Waals surface area contributed by atoms with Crippen LogP contribution in [0.3, 0.4) is 0 Å². The molecule has 0 fully saturated rings. The number of carbonyl (C=O) groups is 1. The monoisotopic (exact) mass is 270 g/mol. The van der Waals surface area contributed by atoms with Gasteiger partial charge in [-0.2, -0.15) is 0 Å². The Bertz CT molecular complexity index is 495. The number of hydrogen-bond donors (Lipinski definition) is 1. The van der Waals surface area contributed by atoms with Crippen LogP contribution in [-0.2, 0) is 17.8 Å².